The maximum absolute atomic E-state index is 13.6. The minimum atomic E-state index is -0.0636. The third-order valence-electron chi connectivity index (χ3n) is 4.20. The van der Waals surface area contributed by atoms with E-state index < -0.39 is 0 Å². The van der Waals surface area contributed by atoms with Gasteiger partial charge in [0.1, 0.15) is 11.6 Å². The second-order valence-electron chi connectivity index (χ2n) is 5.27. The Morgan fingerprint density at radius 1 is 1.12 bits per heavy atom. The third kappa shape index (κ3) is 1.48. The summed E-state index contributed by atoms with van der Waals surface area (Å²) in [4.78, 5) is 11.3. The molecule has 84 valence electrons. The van der Waals surface area contributed by atoms with Gasteiger partial charge in [0.25, 0.3) is 0 Å². The average molecular weight is 218 g/mol. The fourth-order valence-electron chi connectivity index (χ4n) is 3.22. The molecule has 0 aromatic heterocycles. The van der Waals surface area contributed by atoms with Gasteiger partial charge in [-0.2, -0.15) is 0 Å². The summed E-state index contributed by atoms with van der Waals surface area (Å²) in [6, 6.07) is 5.37. The summed E-state index contributed by atoms with van der Waals surface area (Å²) in [5.41, 5.74) is 2.25. The summed E-state index contributed by atoms with van der Waals surface area (Å²) in [5, 5.41) is 0. The second kappa shape index (κ2) is 3.41. The lowest BCUT2D eigenvalue weighted by Gasteiger charge is -2.32. The Morgan fingerprint density at radius 3 is 2.56 bits per heavy atom. The Balaban J connectivity index is 1.90. The molecule has 0 unspecified atom stereocenters. The summed E-state index contributed by atoms with van der Waals surface area (Å²) in [7, 11) is 0. The second-order valence-corrected chi connectivity index (χ2v) is 5.27. The molecule has 1 fully saturated rings. The van der Waals surface area contributed by atoms with Crippen molar-refractivity contribution in [1.82, 2.24) is 0 Å². The Morgan fingerprint density at radius 2 is 1.88 bits per heavy atom. The van der Waals surface area contributed by atoms with Crippen LogP contribution in [0.5, 0.6) is 0 Å². The van der Waals surface area contributed by atoms with E-state index in [9.17, 15) is 9.18 Å². The van der Waals surface area contributed by atoms with Crippen LogP contribution in [0.25, 0.3) is 0 Å². The molecule has 2 aliphatic rings. The van der Waals surface area contributed by atoms with E-state index in [0.717, 1.165) is 36.8 Å². The first kappa shape index (κ1) is 10.0. The third-order valence-corrected chi connectivity index (χ3v) is 4.20. The van der Waals surface area contributed by atoms with E-state index in [1.54, 1.807) is 12.1 Å². The first-order valence-electron chi connectivity index (χ1n) is 5.97. The highest BCUT2D eigenvalue weighted by Crippen LogP contribution is 2.46. The van der Waals surface area contributed by atoms with Crippen molar-refractivity contribution in [3.05, 3.63) is 35.1 Å². The van der Waals surface area contributed by atoms with Crippen LogP contribution in [0.1, 0.15) is 36.8 Å². The number of rotatable bonds is 0. The maximum Gasteiger partial charge on any atom is 0.132 e. The Labute approximate surface area is 94.7 Å². The van der Waals surface area contributed by atoms with Gasteiger partial charge in [-0.15, -0.1) is 0 Å². The minimum absolute atomic E-state index is 0.0636. The zero-order valence-electron chi connectivity index (χ0n) is 9.26. The van der Waals surface area contributed by atoms with Crippen molar-refractivity contribution in [3.8, 4) is 0 Å². The molecule has 0 saturated heterocycles. The predicted molar refractivity (Wildman–Crippen MR) is 59.7 cm³/mol. The van der Waals surface area contributed by atoms with Gasteiger partial charge in [-0.3, -0.25) is 4.79 Å². The Bertz CT molecular complexity index is 440. The van der Waals surface area contributed by atoms with Gasteiger partial charge in [0.15, 0.2) is 0 Å². The average Bonchev–Trinajstić information content (AvgIpc) is 2.63. The molecule has 3 rings (SSSR count). The fourth-order valence-corrected chi connectivity index (χ4v) is 3.22. The van der Waals surface area contributed by atoms with E-state index in [-0.39, 0.29) is 11.2 Å². The highest BCUT2D eigenvalue weighted by atomic mass is 19.1. The molecule has 1 saturated carbocycles. The molecule has 0 aliphatic heterocycles. The lowest BCUT2D eigenvalue weighted by molar-refractivity contribution is -0.122. The molecule has 0 radical (unpaired) electrons. The van der Waals surface area contributed by atoms with Crippen molar-refractivity contribution in [2.75, 3.05) is 0 Å². The smallest absolute Gasteiger partial charge is 0.132 e. The fraction of sp³-hybridized carbons (Fsp3) is 0.500. The number of carbonyl (C=O) groups excluding carboxylic acids is 1. The quantitative estimate of drug-likeness (QED) is 0.654. The van der Waals surface area contributed by atoms with E-state index in [1.165, 1.54) is 0 Å². The van der Waals surface area contributed by atoms with Gasteiger partial charge >= 0.3 is 0 Å². The van der Waals surface area contributed by atoms with E-state index in [4.69, 9.17) is 0 Å². The van der Waals surface area contributed by atoms with Crippen molar-refractivity contribution in [3.63, 3.8) is 0 Å². The number of benzene rings is 1. The topological polar surface area (TPSA) is 17.1 Å². The first-order chi connectivity index (χ1) is 7.69. The van der Waals surface area contributed by atoms with Crippen molar-refractivity contribution >= 4 is 5.78 Å². The molecule has 16 heavy (non-hydrogen) atoms. The molecule has 1 spiro atoms. The molecule has 0 heterocycles. The van der Waals surface area contributed by atoms with Gasteiger partial charge in [-0.25, -0.2) is 4.39 Å². The normalized spacial score (nSPS) is 22.4. The monoisotopic (exact) mass is 218 g/mol. The molecule has 0 bridgehead atoms. The van der Waals surface area contributed by atoms with Crippen molar-refractivity contribution in [2.24, 2.45) is 5.41 Å². The number of Topliss-reactive ketones (excluding diaryl/α,β-unsaturated/α-hetero) is 1. The van der Waals surface area contributed by atoms with Gasteiger partial charge in [0.2, 0.25) is 0 Å². The highest BCUT2D eigenvalue weighted by Gasteiger charge is 2.40. The van der Waals surface area contributed by atoms with E-state index in [2.05, 4.69) is 0 Å². The number of ketones is 1. The Kier molecular flexibility index (Phi) is 2.13. The lowest BCUT2D eigenvalue weighted by Crippen LogP contribution is -2.28. The predicted octanol–water partition coefficient (Wildman–Crippen LogP) is 3.05. The largest absolute Gasteiger partial charge is 0.300 e. The first-order valence-corrected chi connectivity index (χ1v) is 5.97. The number of fused-ring (bicyclic) bond motifs is 1. The molecule has 0 N–H and O–H groups in total. The summed E-state index contributed by atoms with van der Waals surface area (Å²) in [5.74, 6) is 0.313. The highest BCUT2D eigenvalue weighted by molar-refractivity contribution is 5.79. The van der Waals surface area contributed by atoms with Crippen molar-refractivity contribution in [1.29, 1.82) is 0 Å². The Hall–Kier alpha value is -1.18. The van der Waals surface area contributed by atoms with Crippen LogP contribution in [0.2, 0.25) is 0 Å². The molecule has 1 aromatic rings. The van der Waals surface area contributed by atoms with Crippen LogP contribution in [-0.4, -0.2) is 5.78 Å². The van der Waals surface area contributed by atoms with Crippen LogP contribution in [0.3, 0.4) is 0 Å². The zero-order chi connectivity index (χ0) is 11.2. The van der Waals surface area contributed by atoms with Crippen molar-refractivity contribution in [2.45, 2.75) is 38.5 Å². The zero-order valence-corrected chi connectivity index (χ0v) is 9.26. The molecule has 2 heteroatoms. The molecular weight excluding hydrogens is 203 g/mol. The molecule has 0 atom stereocenters. The molecule has 1 aromatic carbocycles. The van der Waals surface area contributed by atoms with Crippen LogP contribution in [0.15, 0.2) is 18.2 Å². The van der Waals surface area contributed by atoms with Crippen LogP contribution in [0, 0.1) is 11.2 Å². The van der Waals surface area contributed by atoms with Crippen molar-refractivity contribution < 1.29 is 9.18 Å². The van der Waals surface area contributed by atoms with E-state index in [1.807, 2.05) is 6.07 Å². The summed E-state index contributed by atoms with van der Waals surface area (Å²) >= 11 is 0. The van der Waals surface area contributed by atoms with Crippen LogP contribution >= 0.6 is 0 Å². The van der Waals surface area contributed by atoms with Gasteiger partial charge in [-0.1, -0.05) is 12.1 Å². The minimum Gasteiger partial charge on any atom is -0.300 e. The molecule has 1 nitrogen and oxygen atoms in total. The summed E-state index contributed by atoms with van der Waals surface area (Å²) in [6.07, 6.45) is 5.07. The molecule has 2 aliphatic carbocycles. The number of carbonyl (C=O) groups is 1. The summed E-state index contributed by atoms with van der Waals surface area (Å²) < 4.78 is 13.6. The maximum atomic E-state index is 13.6. The SMILES string of the molecule is O=C1CCC2(CC1)Cc1cccc(F)c1C2. The lowest BCUT2D eigenvalue weighted by atomic mass is 9.72. The van der Waals surface area contributed by atoms with Gasteiger partial charge in [-0.05, 0) is 48.3 Å². The number of halogens is 1. The van der Waals surface area contributed by atoms with Gasteiger partial charge < -0.3 is 0 Å². The van der Waals surface area contributed by atoms with E-state index >= 15 is 0 Å². The van der Waals surface area contributed by atoms with Gasteiger partial charge in [0.05, 0.1) is 0 Å². The van der Waals surface area contributed by atoms with Crippen LogP contribution in [-0.2, 0) is 17.6 Å². The standard InChI is InChI=1S/C14H15FO/c15-13-3-1-2-10-8-14(9-12(10)13)6-4-11(16)5-7-14/h1-3H,4-9H2. The van der Waals surface area contributed by atoms with Crippen LogP contribution in [0.4, 0.5) is 4.39 Å². The number of hydrogen-bond acceptors (Lipinski definition) is 1. The van der Waals surface area contributed by atoms with Crippen LogP contribution < -0.4 is 0 Å². The van der Waals surface area contributed by atoms with Gasteiger partial charge in [0, 0.05) is 12.8 Å². The number of hydrogen-bond donors (Lipinski definition) is 0. The summed E-state index contributed by atoms with van der Waals surface area (Å²) in [6.45, 7) is 0. The van der Waals surface area contributed by atoms with E-state index in [0.29, 0.717) is 18.6 Å². The molecule has 0 amide bonds. The molecular formula is C14H15FO.